The molecule has 17 heavy (non-hydrogen) atoms. The van der Waals surface area contributed by atoms with E-state index in [-0.39, 0.29) is 25.2 Å². The Balaban J connectivity index is 4.20. The molecule has 0 aromatic carbocycles. The molecule has 0 saturated carbocycles. The summed E-state index contributed by atoms with van der Waals surface area (Å²) >= 11 is 0. The third kappa shape index (κ3) is 5.70. The summed E-state index contributed by atoms with van der Waals surface area (Å²) in [6, 6.07) is 0. The predicted octanol–water partition coefficient (Wildman–Crippen LogP) is 0.760. The van der Waals surface area contributed by atoms with E-state index in [2.05, 4.69) is 11.3 Å². The SMILES string of the molecule is C=C(C)C(=O)OCCC(C(=O)O)C(=O)OCC. The Morgan fingerprint density at radius 3 is 2.29 bits per heavy atom. The van der Waals surface area contributed by atoms with Gasteiger partial charge in [-0.15, -0.1) is 0 Å². The van der Waals surface area contributed by atoms with Gasteiger partial charge >= 0.3 is 17.9 Å². The van der Waals surface area contributed by atoms with Crippen LogP contribution in [0.2, 0.25) is 0 Å². The van der Waals surface area contributed by atoms with E-state index in [1.54, 1.807) is 6.92 Å². The van der Waals surface area contributed by atoms with Crippen LogP contribution in [0.15, 0.2) is 12.2 Å². The van der Waals surface area contributed by atoms with E-state index in [4.69, 9.17) is 9.84 Å². The van der Waals surface area contributed by atoms with E-state index < -0.39 is 23.8 Å². The Morgan fingerprint density at radius 2 is 1.88 bits per heavy atom. The molecule has 1 unspecified atom stereocenters. The number of carbonyl (C=O) groups is 3. The van der Waals surface area contributed by atoms with Crippen molar-refractivity contribution in [3.63, 3.8) is 0 Å². The van der Waals surface area contributed by atoms with Gasteiger partial charge in [0, 0.05) is 12.0 Å². The zero-order chi connectivity index (χ0) is 13.4. The highest BCUT2D eigenvalue weighted by molar-refractivity contribution is 5.94. The van der Waals surface area contributed by atoms with Gasteiger partial charge in [0.15, 0.2) is 5.92 Å². The lowest BCUT2D eigenvalue weighted by Crippen LogP contribution is -2.27. The summed E-state index contributed by atoms with van der Waals surface area (Å²) in [5, 5.41) is 8.79. The molecule has 6 heteroatoms. The molecule has 0 saturated heterocycles. The molecule has 1 N–H and O–H groups in total. The van der Waals surface area contributed by atoms with Crippen molar-refractivity contribution in [2.75, 3.05) is 13.2 Å². The van der Waals surface area contributed by atoms with Gasteiger partial charge in [-0.1, -0.05) is 6.58 Å². The maximum atomic E-state index is 11.2. The number of ether oxygens (including phenoxy) is 2. The summed E-state index contributed by atoms with van der Waals surface area (Å²) in [7, 11) is 0. The zero-order valence-corrected chi connectivity index (χ0v) is 9.89. The van der Waals surface area contributed by atoms with Gasteiger partial charge < -0.3 is 14.6 Å². The van der Waals surface area contributed by atoms with Crippen LogP contribution in [0.1, 0.15) is 20.3 Å². The van der Waals surface area contributed by atoms with Crippen LogP contribution in [-0.2, 0) is 23.9 Å². The van der Waals surface area contributed by atoms with Gasteiger partial charge in [0.25, 0.3) is 0 Å². The molecule has 1 atom stereocenters. The highest BCUT2D eigenvalue weighted by Crippen LogP contribution is 2.07. The molecule has 0 aromatic rings. The largest absolute Gasteiger partial charge is 0.481 e. The fraction of sp³-hybridized carbons (Fsp3) is 0.545. The molecule has 0 spiro atoms. The second kappa shape index (κ2) is 7.43. The first-order chi connectivity index (χ1) is 7.90. The van der Waals surface area contributed by atoms with Crippen molar-refractivity contribution in [2.24, 2.45) is 5.92 Å². The monoisotopic (exact) mass is 244 g/mol. The Labute approximate surface area is 99.2 Å². The lowest BCUT2D eigenvalue weighted by Gasteiger charge is -2.11. The summed E-state index contributed by atoms with van der Waals surface area (Å²) in [6.45, 7) is 6.37. The quantitative estimate of drug-likeness (QED) is 0.404. The first kappa shape index (κ1) is 15.2. The van der Waals surface area contributed by atoms with Crippen LogP contribution in [0, 0.1) is 5.92 Å². The Morgan fingerprint density at radius 1 is 1.29 bits per heavy atom. The second-order valence-corrected chi connectivity index (χ2v) is 3.35. The van der Waals surface area contributed by atoms with Gasteiger partial charge in [-0.25, -0.2) is 4.79 Å². The fourth-order valence-electron chi connectivity index (χ4n) is 0.978. The topological polar surface area (TPSA) is 89.9 Å². The number of hydrogen-bond acceptors (Lipinski definition) is 5. The average Bonchev–Trinajstić information content (AvgIpc) is 2.23. The number of aliphatic carboxylic acids is 1. The maximum Gasteiger partial charge on any atom is 0.333 e. The molecular formula is C11H16O6. The molecule has 0 aliphatic heterocycles. The number of carbonyl (C=O) groups excluding carboxylic acids is 2. The molecule has 0 amide bonds. The molecule has 0 fully saturated rings. The van der Waals surface area contributed by atoms with Gasteiger partial charge in [0.2, 0.25) is 0 Å². The average molecular weight is 244 g/mol. The number of hydrogen-bond donors (Lipinski definition) is 1. The van der Waals surface area contributed by atoms with Gasteiger partial charge in [0.1, 0.15) is 0 Å². The van der Waals surface area contributed by atoms with E-state index in [1.165, 1.54) is 6.92 Å². The number of carboxylic acids is 1. The van der Waals surface area contributed by atoms with Gasteiger partial charge in [-0.2, -0.15) is 0 Å². The van der Waals surface area contributed by atoms with Crippen LogP contribution < -0.4 is 0 Å². The van der Waals surface area contributed by atoms with Crippen LogP contribution in [-0.4, -0.2) is 36.2 Å². The minimum absolute atomic E-state index is 0.105. The second-order valence-electron chi connectivity index (χ2n) is 3.35. The third-order valence-corrected chi connectivity index (χ3v) is 1.86. The van der Waals surface area contributed by atoms with Crippen molar-refractivity contribution in [3.8, 4) is 0 Å². The van der Waals surface area contributed by atoms with Gasteiger partial charge in [-0.05, 0) is 13.8 Å². The summed E-state index contributed by atoms with van der Waals surface area (Å²) in [5.41, 5.74) is 0.216. The van der Waals surface area contributed by atoms with Crippen molar-refractivity contribution >= 4 is 17.9 Å². The zero-order valence-electron chi connectivity index (χ0n) is 9.89. The smallest absolute Gasteiger partial charge is 0.333 e. The molecule has 0 aliphatic rings. The van der Waals surface area contributed by atoms with E-state index in [0.29, 0.717) is 0 Å². The van der Waals surface area contributed by atoms with Crippen LogP contribution >= 0.6 is 0 Å². The first-order valence-corrected chi connectivity index (χ1v) is 5.12. The lowest BCUT2D eigenvalue weighted by atomic mass is 10.1. The van der Waals surface area contributed by atoms with E-state index in [9.17, 15) is 14.4 Å². The summed E-state index contributed by atoms with van der Waals surface area (Å²) in [6.07, 6.45) is -0.118. The van der Waals surface area contributed by atoms with Crippen LogP contribution in [0.4, 0.5) is 0 Å². The highest BCUT2D eigenvalue weighted by Gasteiger charge is 2.27. The van der Waals surface area contributed by atoms with E-state index in [0.717, 1.165) is 0 Å². The number of rotatable bonds is 7. The normalized spacial score (nSPS) is 11.4. The van der Waals surface area contributed by atoms with Crippen molar-refractivity contribution in [3.05, 3.63) is 12.2 Å². The van der Waals surface area contributed by atoms with Crippen molar-refractivity contribution in [1.29, 1.82) is 0 Å². The van der Waals surface area contributed by atoms with E-state index >= 15 is 0 Å². The minimum Gasteiger partial charge on any atom is -0.481 e. The summed E-state index contributed by atoms with van der Waals surface area (Å²) in [5.74, 6) is -4.05. The lowest BCUT2D eigenvalue weighted by molar-refractivity contribution is -0.160. The van der Waals surface area contributed by atoms with Crippen molar-refractivity contribution < 1.29 is 29.0 Å². The minimum atomic E-state index is -1.31. The molecule has 0 rings (SSSR count). The number of esters is 2. The van der Waals surface area contributed by atoms with Crippen molar-refractivity contribution in [1.82, 2.24) is 0 Å². The Kier molecular flexibility index (Phi) is 6.62. The number of carboxylic acid groups (broad SMARTS) is 1. The first-order valence-electron chi connectivity index (χ1n) is 5.12. The molecule has 0 heterocycles. The Bertz CT molecular complexity index is 320. The van der Waals surface area contributed by atoms with E-state index in [1.807, 2.05) is 0 Å². The van der Waals surface area contributed by atoms with Gasteiger partial charge in [0.05, 0.1) is 13.2 Å². The summed E-state index contributed by atoms with van der Waals surface area (Å²) < 4.78 is 9.30. The predicted molar refractivity (Wildman–Crippen MR) is 58.1 cm³/mol. The Hall–Kier alpha value is -1.85. The molecule has 0 bridgehead atoms. The van der Waals surface area contributed by atoms with Crippen LogP contribution in [0.5, 0.6) is 0 Å². The molecule has 0 aliphatic carbocycles. The molecular weight excluding hydrogens is 228 g/mol. The highest BCUT2D eigenvalue weighted by atomic mass is 16.5. The molecule has 0 radical (unpaired) electrons. The standard InChI is InChI=1S/C11H16O6/c1-4-16-11(15)8(9(12)13)5-6-17-10(14)7(2)3/h8H,2,4-6H2,1,3H3,(H,12,13). The molecule has 6 nitrogen and oxygen atoms in total. The van der Waals surface area contributed by atoms with Crippen molar-refractivity contribution in [2.45, 2.75) is 20.3 Å². The maximum absolute atomic E-state index is 11.2. The fourth-order valence-corrected chi connectivity index (χ4v) is 0.978. The van der Waals surface area contributed by atoms with Crippen LogP contribution in [0.25, 0.3) is 0 Å². The van der Waals surface area contributed by atoms with Gasteiger partial charge in [-0.3, -0.25) is 9.59 Å². The summed E-state index contributed by atoms with van der Waals surface area (Å²) in [4.78, 5) is 33.0. The molecule has 96 valence electrons. The third-order valence-electron chi connectivity index (χ3n) is 1.86. The van der Waals surface area contributed by atoms with Crippen LogP contribution in [0.3, 0.4) is 0 Å². The molecule has 0 aromatic heterocycles.